The standard InChI is InChI=1S/C19H22N4O3S/c24-19-4-3-13-23(19)16-6-8-17(9-7-16)27(25,26)21-15-5-10-18(20-14-15)22-11-1-2-12-22/h5-10,14,21H,1-4,11-13H2. The summed E-state index contributed by atoms with van der Waals surface area (Å²) in [5.74, 6) is 0.947. The first-order valence-corrected chi connectivity index (χ1v) is 10.7. The highest BCUT2D eigenvalue weighted by Gasteiger charge is 2.22. The fourth-order valence-corrected chi connectivity index (χ4v) is 4.56. The van der Waals surface area contributed by atoms with Crippen LogP contribution in [0.15, 0.2) is 47.5 Å². The van der Waals surface area contributed by atoms with Crippen LogP contribution in [0, 0.1) is 0 Å². The number of nitrogens with one attached hydrogen (secondary N) is 1. The van der Waals surface area contributed by atoms with Crippen molar-refractivity contribution in [2.24, 2.45) is 0 Å². The van der Waals surface area contributed by atoms with E-state index >= 15 is 0 Å². The number of carbonyl (C=O) groups excluding carboxylic acids is 1. The Morgan fingerprint density at radius 3 is 2.26 bits per heavy atom. The van der Waals surface area contributed by atoms with E-state index in [0.29, 0.717) is 18.7 Å². The van der Waals surface area contributed by atoms with Crippen LogP contribution in [-0.4, -0.2) is 38.9 Å². The molecule has 0 spiro atoms. The Hall–Kier alpha value is -2.61. The summed E-state index contributed by atoms with van der Waals surface area (Å²) in [6.07, 6.45) is 5.25. The van der Waals surface area contributed by atoms with Crippen molar-refractivity contribution in [3.63, 3.8) is 0 Å². The molecule has 0 radical (unpaired) electrons. The second-order valence-corrected chi connectivity index (χ2v) is 8.53. The van der Waals surface area contributed by atoms with Crippen LogP contribution in [0.1, 0.15) is 25.7 Å². The number of benzene rings is 1. The van der Waals surface area contributed by atoms with E-state index in [0.717, 1.165) is 43.9 Å². The lowest BCUT2D eigenvalue weighted by molar-refractivity contribution is -0.117. The number of hydrogen-bond donors (Lipinski definition) is 1. The summed E-state index contributed by atoms with van der Waals surface area (Å²) in [7, 11) is -3.71. The number of sulfonamides is 1. The van der Waals surface area contributed by atoms with Gasteiger partial charge in [-0.05, 0) is 55.7 Å². The molecule has 1 aromatic heterocycles. The predicted octanol–water partition coefficient (Wildman–Crippen LogP) is 2.61. The van der Waals surface area contributed by atoms with Gasteiger partial charge in [-0.3, -0.25) is 9.52 Å². The first-order chi connectivity index (χ1) is 13.0. The lowest BCUT2D eigenvalue weighted by Gasteiger charge is -2.17. The zero-order valence-corrected chi connectivity index (χ0v) is 15.8. The van der Waals surface area contributed by atoms with Crippen LogP contribution in [0.4, 0.5) is 17.2 Å². The number of hydrogen-bond acceptors (Lipinski definition) is 5. The lowest BCUT2D eigenvalue weighted by Crippen LogP contribution is -2.23. The summed E-state index contributed by atoms with van der Waals surface area (Å²) in [4.78, 5) is 20.2. The van der Waals surface area contributed by atoms with Crippen LogP contribution in [0.3, 0.4) is 0 Å². The number of rotatable bonds is 5. The second-order valence-electron chi connectivity index (χ2n) is 6.85. The van der Waals surface area contributed by atoms with Gasteiger partial charge in [-0.2, -0.15) is 0 Å². The normalized spacial score (nSPS) is 17.6. The molecule has 4 rings (SSSR count). The molecule has 2 fully saturated rings. The molecule has 7 nitrogen and oxygen atoms in total. The van der Waals surface area contributed by atoms with E-state index in [1.165, 1.54) is 12.1 Å². The fourth-order valence-electron chi connectivity index (χ4n) is 3.52. The van der Waals surface area contributed by atoms with E-state index in [1.807, 2.05) is 6.07 Å². The Bertz CT molecular complexity index is 920. The highest BCUT2D eigenvalue weighted by atomic mass is 32.2. The van der Waals surface area contributed by atoms with Gasteiger partial charge in [0.2, 0.25) is 5.91 Å². The maximum Gasteiger partial charge on any atom is 0.261 e. The number of amides is 1. The summed E-state index contributed by atoms with van der Waals surface area (Å²) in [6, 6.07) is 9.96. The Morgan fingerprint density at radius 2 is 1.67 bits per heavy atom. The van der Waals surface area contributed by atoms with Gasteiger partial charge in [-0.25, -0.2) is 13.4 Å². The number of carbonyl (C=O) groups is 1. The topological polar surface area (TPSA) is 82.6 Å². The third-order valence-corrected chi connectivity index (χ3v) is 6.36. The van der Waals surface area contributed by atoms with Gasteiger partial charge in [0, 0.05) is 31.7 Å². The molecule has 2 aromatic rings. The minimum Gasteiger partial charge on any atom is -0.357 e. The summed E-state index contributed by atoms with van der Waals surface area (Å²) in [5, 5.41) is 0. The monoisotopic (exact) mass is 386 g/mol. The minimum absolute atomic E-state index is 0.0768. The molecule has 27 heavy (non-hydrogen) atoms. The molecule has 2 aliphatic rings. The van der Waals surface area contributed by atoms with E-state index in [-0.39, 0.29) is 10.8 Å². The molecule has 0 aliphatic carbocycles. The molecule has 3 heterocycles. The smallest absolute Gasteiger partial charge is 0.261 e. The third-order valence-electron chi connectivity index (χ3n) is 4.96. The Balaban J connectivity index is 1.47. The second kappa shape index (κ2) is 7.19. The van der Waals surface area contributed by atoms with Crippen molar-refractivity contribution in [3.05, 3.63) is 42.6 Å². The molecular formula is C19H22N4O3S. The molecule has 142 valence electrons. The largest absolute Gasteiger partial charge is 0.357 e. The van der Waals surface area contributed by atoms with Crippen LogP contribution in [0.2, 0.25) is 0 Å². The van der Waals surface area contributed by atoms with Gasteiger partial charge in [0.1, 0.15) is 5.82 Å². The highest BCUT2D eigenvalue weighted by molar-refractivity contribution is 7.92. The van der Waals surface area contributed by atoms with Gasteiger partial charge in [-0.15, -0.1) is 0 Å². The minimum atomic E-state index is -3.71. The van der Waals surface area contributed by atoms with E-state index < -0.39 is 10.0 Å². The number of pyridine rings is 1. The van der Waals surface area contributed by atoms with Crippen molar-refractivity contribution in [1.29, 1.82) is 0 Å². The SMILES string of the molecule is O=C1CCCN1c1ccc(S(=O)(=O)Nc2ccc(N3CCCC3)nc2)cc1. The first kappa shape index (κ1) is 17.8. The van der Waals surface area contributed by atoms with Crippen LogP contribution in [0.25, 0.3) is 0 Å². The maximum absolute atomic E-state index is 12.6. The van der Waals surface area contributed by atoms with Crippen LogP contribution in [0.5, 0.6) is 0 Å². The zero-order valence-electron chi connectivity index (χ0n) is 15.0. The predicted molar refractivity (Wildman–Crippen MR) is 105 cm³/mol. The van der Waals surface area contributed by atoms with Gasteiger partial charge >= 0.3 is 0 Å². The Labute approximate surface area is 159 Å². The van der Waals surface area contributed by atoms with Crippen LogP contribution in [-0.2, 0) is 14.8 Å². The fraction of sp³-hybridized carbons (Fsp3) is 0.368. The molecular weight excluding hydrogens is 364 g/mol. The van der Waals surface area contributed by atoms with Gasteiger partial charge in [0.15, 0.2) is 0 Å². The zero-order chi connectivity index (χ0) is 18.9. The van der Waals surface area contributed by atoms with Crippen molar-refractivity contribution < 1.29 is 13.2 Å². The van der Waals surface area contributed by atoms with Crippen molar-refractivity contribution in [2.75, 3.05) is 34.2 Å². The van der Waals surface area contributed by atoms with E-state index in [4.69, 9.17) is 0 Å². The molecule has 1 N–H and O–H groups in total. The van der Waals surface area contributed by atoms with E-state index in [9.17, 15) is 13.2 Å². The Kier molecular flexibility index (Phi) is 4.73. The number of nitrogens with zero attached hydrogens (tertiary/aromatic N) is 3. The van der Waals surface area contributed by atoms with Crippen LogP contribution < -0.4 is 14.5 Å². The molecule has 1 amide bonds. The molecule has 2 saturated heterocycles. The van der Waals surface area contributed by atoms with Crippen molar-refractivity contribution in [3.8, 4) is 0 Å². The molecule has 1 aromatic carbocycles. The molecule has 0 atom stereocenters. The third kappa shape index (κ3) is 3.75. The average Bonchev–Trinajstić information content (AvgIpc) is 3.34. The summed E-state index contributed by atoms with van der Waals surface area (Å²) in [6.45, 7) is 2.66. The first-order valence-electron chi connectivity index (χ1n) is 9.17. The number of anilines is 3. The lowest BCUT2D eigenvalue weighted by atomic mass is 10.3. The number of aromatic nitrogens is 1. The molecule has 8 heteroatoms. The molecule has 2 aliphatic heterocycles. The van der Waals surface area contributed by atoms with Crippen molar-refractivity contribution >= 4 is 33.1 Å². The van der Waals surface area contributed by atoms with Gasteiger partial charge in [-0.1, -0.05) is 0 Å². The van der Waals surface area contributed by atoms with Gasteiger partial charge in [0.25, 0.3) is 10.0 Å². The highest BCUT2D eigenvalue weighted by Crippen LogP contribution is 2.25. The summed E-state index contributed by atoms with van der Waals surface area (Å²) < 4.78 is 27.8. The maximum atomic E-state index is 12.6. The quantitative estimate of drug-likeness (QED) is 0.854. The van der Waals surface area contributed by atoms with E-state index in [2.05, 4.69) is 14.6 Å². The summed E-state index contributed by atoms with van der Waals surface area (Å²) in [5.41, 5.74) is 1.16. The molecule has 0 bridgehead atoms. The molecule has 0 saturated carbocycles. The summed E-state index contributed by atoms with van der Waals surface area (Å²) >= 11 is 0. The van der Waals surface area contributed by atoms with Gasteiger partial charge in [0.05, 0.1) is 16.8 Å². The molecule has 0 unspecified atom stereocenters. The Morgan fingerprint density at radius 1 is 0.926 bits per heavy atom. The van der Waals surface area contributed by atoms with E-state index in [1.54, 1.807) is 29.3 Å². The van der Waals surface area contributed by atoms with Crippen LogP contribution >= 0.6 is 0 Å². The van der Waals surface area contributed by atoms with Gasteiger partial charge < -0.3 is 9.80 Å². The van der Waals surface area contributed by atoms with Crippen molar-refractivity contribution in [2.45, 2.75) is 30.6 Å². The average molecular weight is 386 g/mol. The van der Waals surface area contributed by atoms with Crippen molar-refractivity contribution in [1.82, 2.24) is 4.98 Å².